The number of carbonyl (C=O) groups is 1. The Hall–Kier alpha value is -2.89. The van der Waals surface area contributed by atoms with Gasteiger partial charge in [-0.05, 0) is 24.1 Å². The second-order valence-electron chi connectivity index (χ2n) is 5.05. The van der Waals surface area contributed by atoms with E-state index in [4.69, 9.17) is 0 Å². The van der Waals surface area contributed by atoms with Crippen LogP contribution in [0.15, 0.2) is 48.5 Å². The van der Waals surface area contributed by atoms with Gasteiger partial charge in [0.05, 0.1) is 4.92 Å². The van der Waals surface area contributed by atoms with Crippen LogP contribution in [0.1, 0.15) is 11.1 Å². The van der Waals surface area contributed by atoms with Gasteiger partial charge in [-0.3, -0.25) is 10.1 Å². The Kier molecular flexibility index (Phi) is 4.73. The molecule has 0 aliphatic heterocycles. The van der Waals surface area contributed by atoms with Gasteiger partial charge < -0.3 is 10.2 Å². The summed E-state index contributed by atoms with van der Waals surface area (Å²) in [6, 6.07) is 13.8. The Morgan fingerprint density at radius 3 is 2.55 bits per heavy atom. The highest BCUT2D eigenvalue weighted by atomic mass is 16.6. The number of benzene rings is 2. The Balaban J connectivity index is 2.10. The molecular weight excluding hydrogens is 282 g/mol. The van der Waals surface area contributed by atoms with Gasteiger partial charge in [0.15, 0.2) is 0 Å². The molecule has 2 amide bonds. The van der Waals surface area contributed by atoms with E-state index >= 15 is 0 Å². The first-order chi connectivity index (χ1) is 10.5. The number of carbonyl (C=O) groups excluding carboxylic acids is 1. The number of hydrogen-bond acceptors (Lipinski definition) is 3. The Morgan fingerprint density at radius 1 is 1.23 bits per heavy atom. The number of nitro groups is 1. The van der Waals surface area contributed by atoms with E-state index in [-0.39, 0.29) is 11.4 Å². The summed E-state index contributed by atoms with van der Waals surface area (Å²) in [4.78, 5) is 24.2. The summed E-state index contributed by atoms with van der Waals surface area (Å²) < 4.78 is 0. The molecule has 114 valence electrons. The molecule has 0 aromatic heterocycles. The molecule has 0 heterocycles. The van der Waals surface area contributed by atoms with E-state index in [1.165, 1.54) is 11.0 Å². The maximum Gasteiger partial charge on any atom is 0.322 e. The van der Waals surface area contributed by atoms with E-state index in [0.29, 0.717) is 6.54 Å². The maximum absolute atomic E-state index is 12.2. The number of nitro benzene ring substituents is 1. The second-order valence-corrected chi connectivity index (χ2v) is 5.05. The number of aryl methyl sites for hydroxylation is 1. The molecule has 1 N–H and O–H groups in total. The molecule has 0 saturated carbocycles. The van der Waals surface area contributed by atoms with Gasteiger partial charge >= 0.3 is 6.03 Å². The molecule has 2 aromatic carbocycles. The van der Waals surface area contributed by atoms with E-state index in [1.807, 2.05) is 30.3 Å². The summed E-state index contributed by atoms with van der Waals surface area (Å²) in [6.45, 7) is 2.19. The summed E-state index contributed by atoms with van der Waals surface area (Å²) in [5, 5.41) is 13.6. The summed E-state index contributed by atoms with van der Waals surface area (Å²) in [7, 11) is 1.64. The third kappa shape index (κ3) is 3.82. The van der Waals surface area contributed by atoms with Crippen LogP contribution in [-0.4, -0.2) is 22.9 Å². The molecule has 0 spiro atoms. The van der Waals surface area contributed by atoms with Gasteiger partial charge in [0.25, 0.3) is 5.69 Å². The van der Waals surface area contributed by atoms with Crippen molar-refractivity contribution < 1.29 is 9.72 Å². The minimum absolute atomic E-state index is 0.110. The van der Waals surface area contributed by atoms with Crippen LogP contribution in [-0.2, 0) is 6.54 Å². The molecule has 0 saturated heterocycles. The highest BCUT2D eigenvalue weighted by molar-refractivity contribution is 5.91. The fraction of sp³-hybridized carbons (Fsp3) is 0.188. The van der Waals surface area contributed by atoms with Gasteiger partial charge in [0, 0.05) is 19.7 Å². The molecule has 0 aliphatic carbocycles. The highest BCUT2D eigenvalue weighted by Gasteiger charge is 2.17. The minimum Gasteiger partial charge on any atom is -0.323 e. The monoisotopic (exact) mass is 299 g/mol. The van der Waals surface area contributed by atoms with E-state index in [2.05, 4.69) is 5.32 Å². The van der Waals surface area contributed by atoms with E-state index < -0.39 is 11.0 Å². The number of anilines is 1. The van der Waals surface area contributed by atoms with E-state index in [0.717, 1.165) is 11.1 Å². The number of hydrogen-bond donors (Lipinski definition) is 1. The zero-order chi connectivity index (χ0) is 16.1. The Bertz CT molecular complexity index is 686. The lowest BCUT2D eigenvalue weighted by atomic mass is 10.2. The van der Waals surface area contributed by atoms with Crippen molar-refractivity contribution in [2.45, 2.75) is 13.5 Å². The van der Waals surface area contributed by atoms with Crippen LogP contribution < -0.4 is 5.32 Å². The molecule has 0 unspecified atom stereocenters. The van der Waals surface area contributed by atoms with Crippen molar-refractivity contribution in [3.05, 3.63) is 69.8 Å². The summed E-state index contributed by atoms with van der Waals surface area (Å²) in [6.07, 6.45) is 0. The maximum atomic E-state index is 12.2. The van der Waals surface area contributed by atoms with Crippen LogP contribution in [0.5, 0.6) is 0 Å². The number of urea groups is 1. The largest absolute Gasteiger partial charge is 0.323 e. The predicted octanol–water partition coefficient (Wildman–Crippen LogP) is 3.57. The number of amides is 2. The third-order valence-electron chi connectivity index (χ3n) is 3.20. The molecule has 0 bridgehead atoms. The third-order valence-corrected chi connectivity index (χ3v) is 3.20. The standard InChI is InChI=1S/C16H17N3O3/c1-12-8-9-14(15(10-12)19(21)22)17-16(20)18(2)11-13-6-4-3-5-7-13/h3-10H,11H2,1-2H3,(H,17,20). The van der Waals surface area contributed by atoms with E-state index in [1.54, 1.807) is 26.1 Å². The highest BCUT2D eigenvalue weighted by Crippen LogP contribution is 2.25. The quantitative estimate of drug-likeness (QED) is 0.692. The van der Waals surface area contributed by atoms with E-state index in [9.17, 15) is 14.9 Å². The SMILES string of the molecule is Cc1ccc(NC(=O)N(C)Cc2ccccc2)c([N+](=O)[O-])c1. The Morgan fingerprint density at radius 2 is 1.91 bits per heavy atom. The summed E-state index contributed by atoms with van der Waals surface area (Å²) in [5.41, 5.74) is 1.84. The lowest BCUT2D eigenvalue weighted by molar-refractivity contribution is -0.384. The lowest BCUT2D eigenvalue weighted by Crippen LogP contribution is -2.31. The second kappa shape index (κ2) is 6.71. The molecular formula is C16H17N3O3. The predicted molar refractivity (Wildman–Crippen MR) is 84.8 cm³/mol. The van der Waals surface area contributed by atoms with Crippen molar-refractivity contribution in [1.82, 2.24) is 4.90 Å². The zero-order valence-corrected chi connectivity index (χ0v) is 12.4. The fourth-order valence-corrected chi connectivity index (χ4v) is 2.04. The zero-order valence-electron chi connectivity index (χ0n) is 12.4. The number of rotatable bonds is 4. The molecule has 6 nitrogen and oxygen atoms in total. The molecule has 6 heteroatoms. The fourth-order valence-electron chi connectivity index (χ4n) is 2.04. The molecule has 0 atom stereocenters. The summed E-state index contributed by atoms with van der Waals surface area (Å²) >= 11 is 0. The minimum atomic E-state index is -0.500. The molecule has 0 fully saturated rings. The number of nitrogens with one attached hydrogen (secondary N) is 1. The van der Waals surface area contributed by atoms with Gasteiger partial charge in [-0.1, -0.05) is 36.4 Å². The van der Waals surface area contributed by atoms with Crippen LogP contribution in [0.2, 0.25) is 0 Å². The van der Waals surface area contributed by atoms with Crippen LogP contribution in [0.4, 0.5) is 16.2 Å². The molecule has 0 radical (unpaired) electrons. The van der Waals surface area contributed by atoms with Gasteiger partial charge in [-0.15, -0.1) is 0 Å². The van der Waals surface area contributed by atoms with Crippen molar-refractivity contribution in [2.75, 3.05) is 12.4 Å². The average molecular weight is 299 g/mol. The van der Waals surface area contributed by atoms with Gasteiger partial charge in [-0.2, -0.15) is 0 Å². The molecule has 2 aromatic rings. The topological polar surface area (TPSA) is 75.5 Å². The smallest absolute Gasteiger partial charge is 0.322 e. The Labute approximate surface area is 128 Å². The van der Waals surface area contributed by atoms with Crippen molar-refractivity contribution in [3.8, 4) is 0 Å². The normalized spacial score (nSPS) is 10.1. The molecule has 0 aliphatic rings. The molecule has 22 heavy (non-hydrogen) atoms. The number of nitrogens with zero attached hydrogens (tertiary/aromatic N) is 2. The lowest BCUT2D eigenvalue weighted by Gasteiger charge is -2.18. The first-order valence-electron chi connectivity index (χ1n) is 6.78. The van der Waals surface area contributed by atoms with Crippen molar-refractivity contribution in [2.24, 2.45) is 0 Å². The average Bonchev–Trinajstić information content (AvgIpc) is 2.49. The van der Waals surface area contributed by atoms with Crippen LogP contribution in [0.3, 0.4) is 0 Å². The van der Waals surface area contributed by atoms with Crippen molar-refractivity contribution >= 4 is 17.4 Å². The molecule has 2 rings (SSSR count). The van der Waals surface area contributed by atoms with Crippen molar-refractivity contribution in [3.63, 3.8) is 0 Å². The van der Waals surface area contributed by atoms with Gasteiger partial charge in [0.2, 0.25) is 0 Å². The van der Waals surface area contributed by atoms with Crippen LogP contribution in [0.25, 0.3) is 0 Å². The van der Waals surface area contributed by atoms with Crippen molar-refractivity contribution in [1.29, 1.82) is 0 Å². The first-order valence-corrected chi connectivity index (χ1v) is 6.78. The van der Waals surface area contributed by atoms with Crippen LogP contribution in [0, 0.1) is 17.0 Å². The first kappa shape index (κ1) is 15.5. The van der Waals surface area contributed by atoms with Gasteiger partial charge in [0.1, 0.15) is 5.69 Å². The summed E-state index contributed by atoms with van der Waals surface area (Å²) in [5.74, 6) is 0. The van der Waals surface area contributed by atoms with Gasteiger partial charge in [-0.25, -0.2) is 4.79 Å². The van der Waals surface area contributed by atoms with Crippen LogP contribution >= 0.6 is 0 Å².